The molecule has 3 heteroatoms. The fraction of sp³-hybridized carbons (Fsp3) is 0.600. The van der Waals surface area contributed by atoms with E-state index in [9.17, 15) is 5.11 Å². The molecule has 18 heavy (non-hydrogen) atoms. The molecule has 0 unspecified atom stereocenters. The minimum atomic E-state index is -0.420. The molecule has 1 aliphatic carbocycles. The van der Waals surface area contributed by atoms with Gasteiger partial charge < -0.3 is 10.0 Å². The second-order valence-electron chi connectivity index (χ2n) is 5.27. The fourth-order valence-electron chi connectivity index (χ4n) is 2.26. The molecular weight excluding hydrogens is 290 g/mol. The van der Waals surface area contributed by atoms with Crippen molar-refractivity contribution in [3.05, 3.63) is 28.2 Å². The van der Waals surface area contributed by atoms with Crippen molar-refractivity contribution in [1.29, 1.82) is 0 Å². The van der Waals surface area contributed by atoms with E-state index in [1.54, 1.807) is 6.92 Å². The van der Waals surface area contributed by atoms with Crippen LogP contribution >= 0.6 is 15.9 Å². The fourth-order valence-corrected chi connectivity index (χ4v) is 2.96. The quantitative estimate of drug-likeness (QED) is 0.854. The van der Waals surface area contributed by atoms with Crippen molar-refractivity contribution < 1.29 is 5.11 Å². The first kappa shape index (κ1) is 13.9. The van der Waals surface area contributed by atoms with Crippen LogP contribution in [0.4, 0.5) is 5.69 Å². The van der Waals surface area contributed by atoms with Gasteiger partial charge >= 0.3 is 0 Å². The molecule has 1 aromatic rings. The molecule has 100 valence electrons. The van der Waals surface area contributed by atoms with Gasteiger partial charge in [0.2, 0.25) is 0 Å². The number of benzene rings is 1. The summed E-state index contributed by atoms with van der Waals surface area (Å²) in [5.74, 6) is 0.895. The first-order chi connectivity index (χ1) is 8.61. The predicted octanol–water partition coefficient (Wildman–Crippen LogP) is 4.13. The van der Waals surface area contributed by atoms with Crippen LogP contribution in [0, 0.1) is 5.92 Å². The minimum absolute atomic E-state index is 0.420. The topological polar surface area (TPSA) is 23.5 Å². The van der Waals surface area contributed by atoms with Gasteiger partial charge in [0.25, 0.3) is 0 Å². The molecular formula is C15H22BrNO. The van der Waals surface area contributed by atoms with Gasteiger partial charge in [0.05, 0.1) is 6.10 Å². The molecule has 0 aliphatic heterocycles. The third-order valence-electron chi connectivity index (χ3n) is 3.47. The van der Waals surface area contributed by atoms with Crippen molar-refractivity contribution in [2.45, 2.75) is 39.2 Å². The summed E-state index contributed by atoms with van der Waals surface area (Å²) < 4.78 is 1.01. The summed E-state index contributed by atoms with van der Waals surface area (Å²) in [6.45, 7) is 6.30. The Labute approximate surface area is 118 Å². The summed E-state index contributed by atoms with van der Waals surface area (Å²) in [5.41, 5.74) is 2.22. The number of anilines is 1. The lowest BCUT2D eigenvalue weighted by atomic mass is 10.1. The lowest BCUT2D eigenvalue weighted by Gasteiger charge is -2.25. The second kappa shape index (κ2) is 6.07. The maximum absolute atomic E-state index is 9.65. The Morgan fingerprint density at radius 3 is 2.67 bits per heavy atom. The Balaban J connectivity index is 2.15. The van der Waals surface area contributed by atoms with E-state index >= 15 is 0 Å². The SMILES string of the molecule is CCCN(CC1CC1)c1ccc([C@@H](C)O)c(Br)c1. The molecule has 0 heterocycles. The Kier molecular flexibility index (Phi) is 4.68. The highest BCUT2D eigenvalue weighted by atomic mass is 79.9. The van der Waals surface area contributed by atoms with Gasteiger partial charge in [-0.25, -0.2) is 0 Å². The Morgan fingerprint density at radius 1 is 1.44 bits per heavy atom. The maximum atomic E-state index is 9.65. The molecule has 1 aliphatic rings. The summed E-state index contributed by atoms with van der Waals surface area (Å²) in [4.78, 5) is 2.47. The van der Waals surface area contributed by atoms with Crippen LogP contribution in [0.5, 0.6) is 0 Å². The molecule has 0 bridgehead atoms. The summed E-state index contributed by atoms with van der Waals surface area (Å²) in [7, 11) is 0. The average Bonchev–Trinajstić information content (AvgIpc) is 3.11. The van der Waals surface area contributed by atoms with Gasteiger partial charge in [-0.1, -0.05) is 28.9 Å². The lowest BCUT2D eigenvalue weighted by molar-refractivity contribution is 0.198. The highest BCUT2D eigenvalue weighted by molar-refractivity contribution is 9.10. The summed E-state index contributed by atoms with van der Waals surface area (Å²) in [5, 5.41) is 9.65. The normalized spacial score (nSPS) is 16.7. The van der Waals surface area contributed by atoms with Crippen LogP contribution < -0.4 is 4.90 Å². The summed E-state index contributed by atoms with van der Waals surface area (Å²) in [6.07, 6.45) is 3.51. The Bertz CT molecular complexity index is 401. The molecule has 0 aromatic heterocycles. The van der Waals surface area contributed by atoms with Gasteiger partial charge in [0, 0.05) is 23.2 Å². The average molecular weight is 312 g/mol. The van der Waals surface area contributed by atoms with E-state index in [0.29, 0.717) is 0 Å². The van der Waals surface area contributed by atoms with Gasteiger partial charge in [0.15, 0.2) is 0 Å². The Hall–Kier alpha value is -0.540. The monoisotopic (exact) mass is 311 g/mol. The number of hydrogen-bond acceptors (Lipinski definition) is 2. The first-order valence-electron chi connectivity index (χ1n) is 6.84. The van der Waals surface area contributed by atoms with Crippen molar-refractivity contribution in [3.63, 3.8) is 0 Å². The van der Waals surface area contributed by atoms with E-state index in [4.69, 9.17) is 0 Å². The molecule has 1 atom stereocenters. The van der Waals surface area contributed by atoms with Gasteiger partial charge in [-0.2, -0.15) is 0 Å². The molecule has 2 nitrogen and oxygen atoms in total. The minimum Gasteiger partial charge on any atom is -0.389 e. The lowest BCUT2D eigenvalue weighted by Crippen LogP contribution is -2.26. The molecule has 0 amide bonds. The van der Waals surface area contributed by atoms with Crippen LogP contribution in [0.3, 0.4) is 0 Å². The molecule has 2 rings (SSSR count). The number of halogens is 1. The largest absolute Gasteiger partial charge is 0.389 e. The van der Waals surface area contributed by atoms with Crippen LogP contribution in [-0.2, 0) is 0 Å². The number of aliphatic hydroxyl groups excluding tert-OH is 1. The van der Waals surface area contributed by atoms with Crippen molar-refractivity contribution in [2.75, 3.05) is 18.0 Å². The van der Waals surface area contributed by atoms with Gasteiger partial charge in [-0.05, 0) is 49.8 Å². The van der Waals surface area contributed by atoms with E-state index in [1.165, 1.54) is 31.5 Å². The smallest absolute Gasteiger partial charge is 0.0772 e. The number of nitrogens with zero attached hydrogens (tertiary/aromatic N) is 1. The van der Waals surface area contributed by atoms with Crippen molar-refractivity contribution >= 4 is 21.6 Å². The second-order valence-corrected chi connectivity index (χ2v) is 6.13. The van der Waals surface area contributed by atoms with Crippen LogP contribution in [-0.4, -0.2) is 18.2 Å². The van der Waals surface area contributed by atoms with Gasteiger partial charge in [-0.15, -0.1) is 0 Å². The van der Waals surface area contributed by atoms with E-state index < -0.39 is 6.10 Å². The van der Waals surface area contributed by atoms with Crippen LogP contribution in [0.25, 0.3) is 0 Å². The third-order valence-corrected chi connectivity index (χ3v) is 4.16. The maximum Gasteiger partial charge on any atom is 0.0772 e. The molecule has 0 saturated heterocycles. The van der Waals surface area contributed by atoms with Crippen molar-refractivity contribution in [2.24, 2.45) is 5.92 Å². The predicted molar refractivity (Wildman–Crippen MR) is 80.0 cm³/mol. The standard InChI is InChI=1S/C15H22BrNO/c1-3-8-17(10-12-4-5-12)13-6-7-14(11(2)18)15(16)9-13/h6-7,9,11-12,18H,3-5,8,10H2,1-2H3/t11-/m1/s1. The first-order valence-corrected chi connectivity index (χ1v) is 7.63. The zero-order chi connectivity index (χ0) is 13.1. The highest BCUT2D eigenvalue weighted by Gasteiger charge is 2.24. The Morgan fingerprint density at radius 2 is 2.17 bits per heavy atom. The van der Waals surface area contributed by atoms with Crippen LogP contribution in [0.2, 0.25) is 0 Å². The molecule has 1 fully saturated rings. The zero-order valence-electron chi connectivity index (χ0n) is 11.2. The van der Waals surface area contributed by atoms with E-state index in [2.05, 4.69) is 39.9 Å². The molecule has 0 spiro atoms. The van der Waals surface area contributed by atoms with E-state index in [1.807, 2.05) is 6.07 Å². The molecule has 1 N–H and O–H groups in total. The van der Waals surface area contributed by atoms with Crippen molar-refractivity contribution in [1.82, 2.24) is 0 Å². The molecule has 1 saturated carbocycles. The van der Waals surface area contributed by atoms with Gasteiger partial charge in [0.1, 0.15) is 0 Å². The zero-order valence-corrected chi connectivity index (χ0v) is 12.8. The molecule has 1 aromatic carbocycles. The third kappa shape index (κ3) is 3.48. The van der Waals surface area contributed by atoms with Gasteiger partial charge in [-0.3, -0.25) is 0 Å². The number of rotatable bonds is 6. The van der Waals surface area contributed by atoms with E-state index in [-0.39, 0.29) is 0 Å². The molecule has 0 radical (unpaired) electrons. The summed E-state index contributed by atoms with van der Waals surface area (Å²) >= 11 is 3.56. The number of hydrogen-bond donors (Lipinski definition) is 1. The van der Waals surface area contributed by atoms with Crippen molar-refractivity contribution in [3.8, 4) is 0 Å². The highest BCUT2D eigenvalue weighted by Crippen LogP contribution is 2.33. The van der Waals surface area contributed by atoms with E-state index in [0.717, 1.165) is 22.5 Å². The van der Waals surface area contributed by atoms with Crippen LogP contribution in [0.1, 0.15) is 44.8 Å². The number of aliphatic hydroxyl groups is 1. The summed E-state index contributed by atoms with van der Waals surface area (Å²) in [6, 6.07) is 6.30. The van der Waals surface area contributed by atoms with Crippen LogP contribution in [0.15, 0.2) is 22.7 Å².